The van der Waals surface area contributed by atoms with Crippen LogP contribution in [0, 0.1) is 0 Å². The first-order valence-corrected chi connectivity index (χ1v) is 8.76. The van der Waals surface area contributed by atoms with Crippen LogP contribution in [0.5, 0.6) is 0 Å². The number of carboxylic acids is 1. The molecule has 0 atom stereocenters. The maximum atomic E-state index is 10.2. The average Bonchev–Trinajstić information content (AvgIpc) is 2.56. The summed E-state index contributed by atoms with van der Waals surface area (Å²) in [5, 5.41) is 8.37. The molecule has 0 saturated carbocycles. The fraction of sp³-hybridized carbons (Fsp3) is 0.500. The minimum absolute atomic E-state index is 0.112. The van der Waals surface area contributed by atoms with E-state index >= 15 is 0 Å². The Hall–Kier alpha value is -2.90. The molecule has 0 fully saturated rings. The summed E-state index contributed by atoms with van der Waals surface area (Å²) in [5.41, 5.74) is 0.843. The van der Waals surface area contributed by atoms with E-state index in [4.69, 9.17) is 5.11 Å². The number of carbonyl (C=O) groups is 4. The Morgan fingerprint density at radius 1 is 0.714 bits per heavy atom. The summed E-state index contributed by atoms with van der Waals surface area (Å²) < 4.78 is 13.2. The Kier molecular flexibility index (Phi) is 23.6. The second kappa shape index (κ2) is 22.1. The molecule has 0 spiro atoms. The lowest BCUT2D eigenvalue weighted by Crippen LogP contribution is -1.98. The van der Waals surface area contributed by atoms with Crippen LogP contribution < -0.4 is 0 Å². The molecule has 160 valence electrons. The molecule has 0 unspecified atom stereocenters. The van der Waals surface area contributed by atoms with Crippen LogP contribution in [0.3, 0.4) is 0 Å². The van der Waals surface area contributed by atoms with Gasteiger partial charge < -0.3 is 19.3 Å². The highest BCUT2D eigenvalue weighted by atomic mass is 16.5. The van der Waals surface area contributed by atoms with Crippen LogP contribution in [-0.4, -0.2) is 48.8 Å². The van der Waals surface area contributed by atoms with Crippen molar-refractivity contribution in [3.8, 4) is 0 Å². The molecule has 8 heteroatoms. The van der Waals surface area contributed by atoms with Crippen molar-refractivity contribution in [3.05, 3.63) is 35.9 Å². The van der Waals surface area contributed by atoms with Gasteiger partial charge in [-0.15, -0.1) is 0 Å². The van der Waals surface area contributed by atoms with Crippen molar-refractivity contribution in [2.45, 2.75) is 48.0 Å². The van der Waals surface area contributed by atoms with Crippen LogP contribution in [0.2, 0.25) is 0 Å². The van der Waals surface area contributed by atoms with Gasteiger partial charge in [0.25, 0.3) is 0 Å². The molecule has 1 rings (SSSR count). The van der Waals surface area contributed by atoms with Gasteiger partial charge >= 0.3 is 23.9 Å². The summed E-state index contributed by atoms with van der Waals surface area (Å²) in [7, 11) is 0. The van der Waals surface area contributed by atoms with Gasteiger partial charge in [-0.05, 0) is 26.3 Å². The first-order chi connectivity index (χ1) is 13.1. The predicted octanol–water partition coefficient (Wildman–Crippen LogP) is 3.02. The quantitative estimate of drug-likeness (QED) is 0.592. The summed E-state index contributed by atoms with van der Waals surface area (Å²) in [4.78, 5) is 39.6. The van der Waals surface area contributed by atoms with Crippen molar-refractivity contribution >= 4 is 23.9 Å². The molecule has 1 aromatic carbocycles. The van der Waals surface area contributed by atoms with Gasteiger partial charge in [-0.1, -0.05) is 30.3 Å². The lowest BCUT2D eigenvalue weighted by molar-refractivity contribution is -0.141. The first kappa shape index (κ1) is 29.8. The monoisotopic (exact) mass is 400 g/mol. The zero-order valence-corrected chi connectivity index (χ0v) is 17.5. The summed E-state index contributed by atoms with van der Waals surface area (Å²) in [6, 6.07) is 9.13. The van der Waals surface area contributed by atoms with Gasteiger partial charge in [0, 0.05) is 20.8 Å². The smallest absolute Gasteiger partial charge is 0.307 e. The van der Waals surface area contributed by atoms with Crippen molar-refractivity contribution < 1.29 is 38.5 Å². The maximum Gasteiger partial charge on any atom is 0.307 e. The van der Waals surface area contributed by atoms with E-state index in [1.165, 1.54) is 20.8 Å². The Balaban J connectivity index is -0.000000309. The molecule has 0 aliphatic heterocycles. The van der Waals surface area contributed by atoms with Crippen LogP contribution in [0.4, 0.5) is 0 Å². The number of rotatable bonds is 5. The number of ether oxygens (including phenoxy) is 3. The number of carboxylic acid groups (broad SMARTS) is 1. The number of hydrogen-bond acceptors (Lipinski definition) is 7. The predicted molar refractivity (Wildman–Crippen MR) is 105 cm³/mol. The van der Waals surface area contributed by atoms with Crippen LogP contribution in [0.15, 0.2) is 30.3 Å². The lowest BCUT2D eigenvalue weighted by Gasteiger charge is -1.92. The molecular formula is C20H32O8. The fourth-order valence-electron chi connectivity index (χ4n) is 1.38. The molecule has 0 bridgehead atoms. The highest BCUT2D eigenvalue weighted by Gasteiger charge is 1.96. The Labute approximate surface area is 166 Å². The number of carbonyl (C=O) groups excluding carboxylic acids is 3. The molecule has 1 N–H and O–H groups in total. The molecule has 0 saturated heterocycles. The van der Waals surface area contributed by atoms with Gasteiger partial charge in [0.1, 0.15) is 0 Å². The van der Waals surface area contributed by atoms with E-state index in [1.54, 1.807) is 32.9 Å². The second-order valence-electron chi connectivity index (χ2n) is 4.83. The summed E-state index contributed by atoms with van der Waals surface area (Å²) in [6.07, 6.45) is 0.112. The van der Waals surface area contributed by atoms with E-state index in [2.05, 4.69) is 14.2 Å². The molecule has 0 amide bonds. The first-order valence-electron chi connectivity index (χ1n) is 8.76. The zero-order valence-electron chi connectivity index (χ0n) is 17.5. The zero-order chi connectivity index (χ0) is 22.4. The lowest BCUT2D eigenvalue weighted by atomic mass is 10.2. The summed E-state index contributed by atoms with van der Waals surface area (Å²) in [6.45, 7) is 11.0. The van der Waals surface area contributed by atoms with E-state index in [0.717, 1.165) is 5.56 Å². The van der Waals surface area contributed by atoms with Gasteiger partial charge in [0.05, 0.1) is 26.2 Å². The molecule has 28 heavy (non-hydrogen) atoms. The minimum Gasteiger partial charge on any atom is -0.481 e. The molecule has 0 aliphatic rings. The van der Waals surface area contributed by atoms with E-state index < -0.39 is 5.97 Å². The van der Waals surface area contributed by atoms with Crippen molar-refractivity contribution in [1.82, 2.24) is 0 Å². The number of benzene rings is 1. The van der Waals surface area contributed by atoms with Crippen LogP contribution in [-0.2, 0) is 39.8 Å². The third-order valence-electron chi connectivity index (χ3n) is 2.24. The Morgan fingerprint density at radius 3 is 1.21 bits per heavy atom. The van der Waals surface area contributed by atoms with Gasteiger partial charge in [-0.25, -0.2) is 0 Å². The van der Waals surface area contributed by atoms with Crippen molar-refractivity contribution in [2.75, 3.05) is 19.8 Å². The highest BCUT2D eigenvalue weighted by Crippen LogP contribution is 1.98. The van der Waals surface area contributed by atoms with Crippen molar-refractivity contribution in [3.63, 3.8) is 0 Å². The van der Waals surface area contributed by atoms with Crippen molar-refractivity contribution in [2.24, 2.45) is 0 Å². The molecule has 0 aromatic heterocycles. The van der Waals surface area contributed by atoms with E-state index in [-0.39, 0.29) is 24.3 Å². The SMILES string of the molecule is CCOC(C)=O.CCOC(C)=O.CCOC(C)=O.O=C(O)Cc1ccccc1. The van der Waals surface area contributed by atoms with Gasteiger partial charge in [-0.2, -0.15) is 0 Å². The van der Waals surface area contributed by atoms with Crippen LogP contribution in [0.25, 0.3) is 0 Å². The number of aliphatic carboxylic acids is 1. The maximum absolute atomic E-state index is 10.2. The molecule has 0 heterocycles. The second-order valence-corrected chi connectivity index (χ2v) is 4.83. The molecule has 0 radical (unpaired) electrons. The molecule has 0 aliphatic carbocycles. The van der Waals surface area contributed by atoms with E-state index in [1.807, 2.05) is 18.2 Å². The number of esters is 3. The molecular weight excluding hydrogens is 368 g/mol. The molecule has 1 aromatic rings. The third kappa shape index (κ3) is 34.4. The standard InChI is InChI=1S/C8H8O2.3C4H8O2/c9-8(10)6-7-4-2-1-3-5-7;3*1-3-6-4(2)5/h1-5H,6H2,(H,9,10);3*3H2,1-2H3. The van der Waals surface area contributed by atoms with Crippen molar-refractivity contribution in [1.29, 1.82) is 0 Å². The Morgan fingerprint density at radius 2 is 1.04 bits per heavy atom. The minimum atomic E-state index is -0.786. The average molecular weight is 400 g/mol. The largest absolute Gasteiger partial charge is 0.481 e. The van der Waals surface area contributed by atoms with Gasteiger partial charge in [0.15, 0.2) is 0 Å². The van der Waals surface area contributed by atoms with Gasteiger partial charge in [0.2, 0.25) is 0 Å². The fourth-order valence-corrected chi connectivity index (χ4v) is 1.38. The highest BCUT2D eigenvalue weighted by molar-refractivity contribution is 5.70. The number of hydrogen-bond donors (Lipinski definition) is 1. The summed E-state index contributed by atoms with van der Waals surface area (Å²) in [5.74, 6) is -1.42. The van der Waals surface area contributed by atoms with E-state index in [0.29, 0.717) is 19.8 Å². The topological polar surface area (TPSA) is 116 Å². The normalized spacial score (nSPS) is 8.21. The van der Waals surface area contributed by atoms with Crippen LogP contribution >= 0.6 is 0 Å². The van der Waals surface area contributed by atoms with E-state index in [9.17, 15) is 19.2 Å². The van der Waals surface area contributed by atoms with Gasteiger partial charge in [-0.3, -0.25) is 19.2 Å². The van der Waals surface area contributed by atoms with Crippen LogP contribution in [0.1, 0.15) is 47.1 Å². The Bertz CT molecular complexity index is 502. The molecule has 8 nitrogen and oxygen atoms in total. The third-order valence-corrected chi connectivity index (χ3v) is 2.24. The summed E-state index contributed by atoms with van der Waals surface area (Å²) >= 11 is 0.